The Morgan fingerprint density at radius 1 is 1.03 bits per heavy atom. The van der Waals surface area contributed by atoms with Crippen molar-refractivity contribution in [1.29, 1.82) is 0 Å². The number of methoxy groups -OCH3 is 1. The third kappa shape index (κ3) is 7.18. The quantitative estimate of drug-likeness (QED) is 0.660. The molecule has 0 aliphatic carbocycles. The highest BCUT2D eigenvalue weighted by Gasteiger charge is 2.22. The minimum absolute atomic E-state index is 0.0308. The van der Waals surface area contributed by atoms with Crippen molar-refractivity contribution in [1.82, 2.24) is 15.1 Å². The molecule has 0 saturated carbocycles. The summed E-state index contributed by atoms with van der Waals surface area (Å²) in [4.78, 5) is 29.1. The maximum atomic E-state index is 13.1. The summed E-state index contributed by atoms with van der Waals surface area (Å²) in [6.45, 7) is 7.24. The van der Waals surface area contributed by atoms with E-state index in [9.17, 15) is 14.0 Å². The van der Waals surface area contributed by atoms with Crippen LogP contribution in [0.25, 0.3) is 0 Å². The van der Waals surface area contributed by atoms with E-state index in [0.29, 0.717) is 30.2 Å². The van der Waals surface area contributed by atoms with Gasteiger partial charge in [-0.25, -0.2) is 4.39 Å². The van der Waals surface area contributed by atoms with Crippen LogP contribution >= 0.6 is 0 Å². The Bertz CT molecular complexity index is 949. The number of carbonyl (C=O) groups is 2. The van der Waals surface area contributed by atoms with Gasteiger partial charge >= 0.3 is 0 Å². The molecule has 3 rings (SSSR count). The second kappa shape index (κ2) is 11.7. The van der Waals surface area contributed by atoms with Crippen molar-refractivity contribution >= 4 is 11.8 Å². The second-order valence-electron chi connectivity index (χ2n) is 8.42. The Morgan fingerprint density at radius 2 is 1.79 bits per heavy atom. The number of carbonyl (C=O) groups excluding carboxylic acids is 2. The Kier molecular flexibility index (Phi) is 8.65. The van der Waals surface area contributed by atoms with Crippen LogP contribution in [0.15, 0.2) is 42.5 Å². The van der Waals surface area contributed by atoms with Gasteiger partial charge in [-0.2, -0.15) is 0 Å². The molecule has 178 valence electrons. The van der Waals surface area contributed by atoms with Crippen molar-refractivity contribution in [2.24, 2.45) is 0 Å². The van der Waals surface area contributed by atoms with Crippen LogP contribution in [-0.4, -0.2) is 67.6 Å². The van der Waals surface area contributed by atoms with Crippen LogP contribution in [0.5, 0.6) is 11.5 Å². The second-order valence-corrected chi connectivity index (χ2v) is 8.42. The molecule has 33 heavy (non-hydrogen) atoms. The van der Waals surface area contributed by atoms with Gasteiger partial charge in [0.2, 0.25) is 0 Å². The van der Waals surface area contributed by atoms with E-state index in [1.165, 1.54) is 19.2 Å². The lowest BCUT2D eigenvalue weighted by Crippen LogP contribution is -2.35. The van der Waals surface area contributed by atoms with Gasteiger partial charge in [0.15, 0.2) is 18.1 Å². The van der Waals surface area contributed by atoms with Gasteiger partial charge in [0.05, 0.1) is 7.11 Å². The van der Waals surface area contributed by atoms with Gasteiger partial charge in [0, 0.05) is 44.3 Å². The lowest BCUT2D eigenvalue weighted by molar-refractivity contribution is -0.123. The summed E-state index contributed by atoms with van der Waals surface area (Å²) in [5.74, 6) is 0.292. The van der Waals surface area contributed by atoms with Crippen LogP contribution in [0.1, 0.15) is 36.2 Å². The molecule has 0 bridgehead atoms. The molecule has 0 spiro atoms. The predicted molar refractivity (Wildman–Crippen MR) is 124 cm³/mol. The summed E-state index contributed by atoms with van der Waals surface area (Å²) in [7, 11) is 1.50. The first kappa shape index (κ1) is 24.5. The van der Waals surface area contributed by atoms with Gasteiger partial charge in [-0.05, 0) is 56.2 Å². The fourth-order valence-electron chi connectivity index (χ4n) is 3.79. The topological polar surface area (TPSA) is 71.1 Å². The molecule has 0 unspecified atom stereocenters. The molecule has 1 fully saturated rings. The van der Waals surface area contributed by atoms with Crippen molar-refractivity contribution < 1.29 is 23.5 Å². The fraction of sp³-hybridized carbons (Fsp3) is 0.440. The molecule has 8 heteroatoms. The van der Waals surface area contributed by atoms with Crippen molar-refractivity contribution in [2.75, 3.05) is 39.9 Å². The Morgan fingerprint density at radius 3 is 2.48 bits per heavy atom. The third-order valence-electron chi connectivity index (χ3n) is 5.41. The third-order valence-corrected chi connectivity index (χ3v) is 5.41. The summed E-state index contributed by atoms with van der Waals surface area (Å²) >= 11 is 0. The zero-order valence-corrected chi connectivity index (χ0v) is 19.5. The lowest BCUT2D eigenvalue weighted by Gasteiger charge is -2.22. The van der Waals surface area contributed by atoms with Crippen LogP contribution < -0.4 is 14.8 Å². The molecule has 7 nitrogen and oxygen atoms in total. The van der Waals surface area contributed by atoms with Crippen LogP contribution in [0.4, 0.5) is 4.39 Å². The van der Waals surface area contributed by atoms with E-state index in [2.05, 4.69) is 10.2 Å². The molecule has 1 N–H and O–H groups in total. The minimum Gasteiger partial charge on any atom is -0.493 e. The number of ether oxygens (including phenoxy) is 2. The summed E-state index contributed by atoms with van der Waals surface area (Å²) < 4.78 is 24.1. The summed E-state index contributed by atoms with van der Waals surface area (Å²) in [5, 5.41) is 2.76. The van der Waals surface area contributed by atoms with E-state index in [1.54, 1.807) is 30.3 Å². The molecule has 0 atom stereocenters. The SMILES string of the molecule is COc1cc(C(=O)N2CCCN(Cc3ccc(F)cc3)CC2)ccc1OCC(=O)NC(C)C. The smallest absolute Gasteiger partial charge is 0.258 e. The van der Waals surface area contributed by atoms with E-state index in [1.807, 2.05) is 18.7 Å². The summed E-state index contributed by atoms with van der Waals surface area (Å²) in [5.41, 5.74) is 1.57. The maximum Gasteiger partial charge on any atom is 0.258 e. The van der Waals surface area contributed by atoms with Gasteiger partial charge in [-0.1, -0.05) is 12.1 Å². The highest BCUT2D eigenvalue weighted by molar-refractivity contribution is 5.95. The van der Waals surface area contributed by atoms with Gasteiger partial charge in [0.25, 0.3) is 11.8 Å². The average Bonchev–Trinajstić information content (AvgIpc) is 3.03. The minimum atomic E-state index is -0.239. The van der Waals surface area contributed by atoms with Gasteiger partial charge in [-0.3, -0.25) is 14.5 Å². The standard InChI is InChI=1S/C25H32FN3O4/c1-18(2)27-24(30)17-33-22-10-7-20(15-23(22)32-3)25(31)29-12-4-11-28(13-14-29)16-19-5-8-21(26)9-6-19/h5-10,15,18H,4,11-14,16-17H2,1-3H3,(H,27,30). The molecule has 2 amide bonds. The molecule has 1 heterocycles. The zero-order chi connectivity index (χ0) is 23.8. The lowest BCUT2D eigenvalue weighted by atomic mass is 10.1. The largest absolute Gasteiger partial charge is 0.493 e. The number of benzene rings is 2. The first-order valence-electron chi connectivity index (χ1n) is 11.2. The van der Waals surface area contributed by atoms with E-state index in [-0.39, 0.29) is 30.3 Å². The van der Waals surface area contributed by atoms with E-state index in [4.69, 9.17) is 9.47 Å². The van der Waals surface area contributed by atoms with Gasteiger partial charge in [-0.15, -0.1) is 0 Å². The Labute approximate surface area is 194 Å². The molecule has 0 aromatic heterocycles. The number of rotatable bonds is 8. The Balaban J connectivity index is 1.59. The zero-order valence-electron chi connectivity index (χ0n) is 19.5. The molecule has 1 saturated heterocycles. The fourth-order valence-corrected chi connectivity index (χ4v) is 3.79. The molecule has 0 radical (unpaired) electrons. The molecule has 2 aromatic carbocycles. The van der Waals surface area contributed by atoms with Crippen LogP contribution in [0, 0.1) is 5.82 Å². The number of nitrogens with zero attached hydrogens (tertiary/aromatic N) is 2. The first-order valence-corrected chi connectivity index (χ1v) is 11.2. The average molecular weight is 458 g/mol. The van der Waals surface area contributed by atoms with Gasteiger partial charge < -0.3 is 19.7 Å². The van der Waals surface area contributed by atoms with E-state index >= 15 is 0 Å². The number of halogens is 1. The predicted octanol–water partition coefficient (Wildman–Crippen LogP) is 3.09. The van der Waals surface area contributed by atoms with E-state index in [0.717, 1.165) is 31.6 Å². The van der Waals surface area contributed by atoms with Crippen molar-refractivity contribution in [2.45, 2.75) is 32.9 Å². The number of hydrogen-bond acceptors (Lipinski definition) is 5. The van der Waals surface area contributed by atoms with Crippen molar-refractivity contribution in [3.05, 3.63) is 59.4 Å². The summed E-state index contributed by atoms with van der Waals surface area (Å²) in [6.07, 6.45) is 0.857. The molecular formula is C25H32FN3O4. The number of nitrogens with one attached hydrogen (secondary N) is 1. The highest BCUT2D eigenvalue weighted by atomic mass is 19.1. The van der Waals surface area contributed by atoms with Crippen LogP contribution in [0.3, 0.4) is 0 Å². The van der Waals surface area contributed by atoms with Crippen LogP contribution in [0.2, 0.25) is 0 Å². The van der Waals surface area contributed by atoms with Crippen molar-refractivity contribution in [3.63, 3.8) is 0 Å². The monoisotopic (exact) mass is 457 g/mol. The number of hydrogen-bond donors (Lipinski definition) is 1. The maximum absolute atomic E-state index is 13.1. The molecule has 1 aliphatic rings. The van der Waals surface area contributed by atoms with Crippen molar-refractivity contribution in [3.8, 4) is 11.5 Å². The van der Waals surface area contributed by atoms with E-state index < -0.39 is 0 Å². The molecule has 1 aliphatic heterocycles. The Hall–Kier alpha value is -3.13. The molecule has 2 aromatic rings. The summed E-state index contributed by atoms with van der Waals surface area (Å²) in [6, 6.07) is 11.6. The highest BCUT2D eigenvalue weighted by Crippen LogP contribution is 2.28. The number of amides is 2. The normalized spacial score (nSPS) is 14.6. The molecular weight excluding hydrogens is 425 g/mol. The first-order chi connectivity index (χ1) is 15.9. The van der Waals surface area contributed by atoms with Gasteiger partial charge in [0.1, 0.15) is 5.82 Å². The van der Waals surface area contributed by atoms with Crippen LogP contribution in [-0.2, 0) is 11.3 Å².